The Morgan fingerprint density at radius 3 is 2.58 bits per heavy atom. The van der Waals surface area contributed by atoms with Gasteiger partial charge in [0.15, 0.2) is 4.67 Å². The highest BCUT2D eigenvalue weighted by Gasteiger charge is 2.14. The monoisotopic (exact) mass is 331 g/mol. The number of furan rings is 1. The minimum absolute atomic E-state index is 0.106. The van der Waals surface area contributed by atoms with Gasteiger partial charge in [0.1, 0.15) is 11.5 Å². The van der Waals surface area contributed by atoms with Gasteiger partial charge in [-0.2, -0.15) is 8.78 Å². The van der Waals surface area contributed by atoms with E-state index in [1.807, 2.05) is 6.92 Å². The van der Waals surface area contributed by atoms with Crippen LogP contribution in [0.2, 0.25) is 0 Å². The molecular weight excluding hydrogens is 320 g/mol. The molecule has 0 aliphatic heterocycles. The van der Waals surface area contributed by atoms with Gasteiger partial charge in [0.05, 0.1) is 11.7 Å². The van der Waals surface area contributed by atoms with Crippen molar-refractivity contribution in [1.82, 2.24) is 0 Å². The van der Waals surface area contributed by atoms with Gasteiger partial charge in [-0.15, -0.1) is 0 Å². The fourth-order valence-corrected chi connectivity index (χ4v) is 1.97. The Bertz CT molecular complexity index is 545. The van der Waals surface area contributed by atoms with Crippen molar-refractivity contribution in [3.05, 3.63) is 46.8 Å². The number of alkyl halides is 2. The lowest BCUT2D eigenvalue weighted by Crippen LogP contribution is -2.09. The molecule has 1 heterocycles. The lowest BCUT2D eigenvalue weighted by molar-refractivity contribution is -0.0493. The van der Waals surface area contributed by atoms with Gasteiger partial charge < -0.3 is 14.5 Å². The van der Waals surface area contributed by atoms with Gasteiger partial charge >= 0.3 is 6.61 Å². The van der Waals surface area contributed by atoms with Gasteiger partial charge in [-0.25, -0.2) is 0 Å². The summed E-state index contributed by atoms with van der Waals surface area (Å²) in [5, 5.41) is 3.07. The maximum absolute atomic E-state index is 12.3. The molecule has 0 amide bonds. The summed E-state index contributed by atoms with van der Waals surface area (Å²) in [6.07, 6.45) is 0. The highest BCUT2D eigenvalue weighted by atomic mass is 79.9. The molecule has 1 unspecified atom stereocenters. The fourth-order valence-electron chi connectivity index (χ4n) is 1.65. The molecule has 1 aromatic heterocycles. The fraction of sp³-hybridized carbons (Fsp3) is 0.231. The molecule has 0 aliphatic carbocycles. The number of halogens is 3. The minimum Gasteiger partial charge on any atom is -0.452 e. The molecule has 6 heteroatoms. The first-order valence-electron chi connectivity index (χ1n) is 5.62. The zero-order valence-electron chi connectivity index (χ0n) is 10.1. The molecule has 0 spiro atoms. The van der Waals surface area contributed by atoms with Crippen molar-refractivity contribution < 1.29 is 17.9 Å². The summed E-state index contributed by atoms with van der Waals surface area (Å²) in [7, 11) is 0. The van der Waals surface area contributed by atoms with Crippen molar-refractivity contribution in [3.63, 3.8) is 0 Å². The number of nitrogens with one attached hydrogen (secondary N) is 1. The molecular formula is C13H12BrF2NO2. The zero-order valence-corrected chi connectivity index (χ0v) is 11.7. The van der Waals surface area contributed by atoms with E-state index in [0.717, 1.165) is 0 Å². The van der Waals surface area contributed by atoms with Crippen LogP contribution < -0.4 is 10.1 Å². The van der Waals surface area contributed by atoms with E-state index in [9.17, 15) is 8.78 Å². The number of benzene rings is 1. The van der Waals surface area contributed by atoms with E-state index in [0.29, 0.717) is 16.1 Å². The van der Waals surface area contributed by atoms with Gasteiger partial charge in [0.2, 0.25) is 0 Å². The second-order valence-corrected chi connectivity index (χ2v) is 4.66. The summed E-state index contributed by atoms with van der Waals surface area (Å²) in [6.45, 7) is -0.985. The molecule has 2 aromatic rings. The van der Waals surface area contributed by atoms with Crippen molar-refractivity contribution in [2.75, 3.05) is 5.32 Å². The van der Waals surface area contributed by atoms with Crippen molar-refractivity contribution in [2.24, 2.45) is 0 Å². The van der Waals surface area contributed by atoms with Crippen LogP contribution >= 0.6 is 15.9 Å². The van der Waals surface area contributed by atoms with Crippen LogP contribution in [0.4, 0.5) is 14.5 Å². The van der Waals surface area contributed by atoms with Crippen molar-refractivity contribution in [1.29, 1.82) is 0 Å². The molecule has 2 rings (SSSR count). The number of hydrogen-bond acceptors (Lipinski definition) is 3. The van der Waals surface area contributed by atoms with Crippen molar-refractivity contribution in [3.8, 4) is 5.75 Å². The first-order chi connectivity index (χ1) is 9.06. The van der Waals surface area contributed by atoms with Crippen molar-refractivity contribution in [2.45, 2.75) is 19.6 Å². The van der Waals surface area contributed by atoms with Crippen LogP contribution in [-0.4, -0.2) is 6.61 Å². The quantitative estimate of drug-likeness (QED) is 0.853. The molecule has 0 radical (unpaired) electrons. The highest BCUT2D eigenvalue weighted by molar-refractivity contribution is 9.10. The van der Waals surface area contributed by atoms with Crippen LogP contribution in [0.15, 0.2) is 45.5 Å². The number of hydrogen-bond donors (Lipinski definition) is 1. The van der Waals surface area contributed by atoms with E-state index < -0.39 is 6.61 Å². The second kappa shape index (κ2) is 6.06. The summed E-state index contributed by atoms with van der Waals surface area (Å²) in [5.41, 5.74) is 0.489. The van der Waals surface area contributed by atoms with Gasteiger partial charge in [0, 0.05) is 0 Å². The Balaban J connectivity index is 2.14. The first kappa shape index (κ1) is 13.9. The Morgan fingerprint density at radius 1 is 1.21 bits per heavy atom. The lowest BCUT2D eigenvalue weighted by atomic mass is 10.2. The second-order valence-electron chi connectivity index (χ2n) is 3.88. The summed E-state index contributed by atoms with van der Waals surface area (Å²) in [6, 6.07) is 9.94. The molecule has 102 valence electrons. The predicted octanol–water partition coefficient (Wildman–Crippen LogP) is 4.82. The third kappa shape index (κ3) is 3.70. The minimum atomic E-state index is -2.85. The van der Waals surface area contributed by atoms with Crippen molar-refractivity contribution >= 4 is 21.6 Å². The summed E-state index contributed by atoms with van der Waals surface area (Å²) < 4.78 is 35.1. The maximum Gasteiger partial charge on any atom is 0.387 e. The molecule has 0 aliphatic rings. The van der Waals surface area contributed by atoms with Crippen LogP contribution in [0.1, 0.15) is 18.7 Å². The van der Waals surface area contributed by atoms with E-state index in [1.54, 1.807) is 30.3 Å². The van der Waals surface area contributed by atoms with Crippen LogP contribution in [-0.2, 0) is 0 Å². The van der Waals surface area contributed by atoms with Crippen LogP contribution in [0.25, 0.3) is 0 Å². The molecule has 1 aromatic carbocycles. The molecule has 0 fully saturated rings. The van der Waals surface area contributed by atoms with Gasteiger partial charge in [-0.1, -0.05) is 12.1 Å². The van der Waals surface area contributed by atoms with E-state index in [4.69, 9.17) is 4.42 Å². The number of anilines is 1. The third-order valence-corrected chi connectivity index (χ3v) is 2.92. The number of para-hydroxylation sites is 2. The molecule has 19 heavy (non-hydrogen) atoms. The molecule has 3 nitrogen and oxygen atoms in total. The third-order valence-electron chi connectivity index (χ3n) is 2.50. The Morgan fingerprint density at radius 2 is 1.95 bits per heavy atom. The summed E-state index contributed by atoms with van der Waals surface area (Å²) >= 11 is 3.21. The van der Waals surface area contributed by atoms with E-state index in [2.05, 4.69) is 26.0 Å². The van der Waals surface area contributed by atoms with Gasteiger partial charge in [0.25, 0.3) is 0 Å². The molecule has 1 atom stereocenters. The normalized spacial score (nSPS) is 12.5. The number of ether oxygens (including phenoxy) is 1. The van der Waals surface area contributed by atoms with E-state index in [-0.39, 0.29) is 11.8 Å². The Hall–Kier alpha value is -1.56. The van der Waals surface area contributed by atoms with E-state index in [1.165, 1.54) is 6.07 Å². The average molecular weight is 332 g/mol. The van der Waals surface area contributed by atoms with Crippen LogP contribution in [0, 0.1) is 0 Å². The van der Waals surface area contributed by atoms with Gasteiger partial charge in [-0.05, 0) is 47.1 Å². The lowest BCUT2D eigenvalue weighted by Gasteiger charge is -2.16. The molecule has 0 bridgehead atoms. The standard InChI is InChI=1S/C13H12BrF2NO2/c1-8(10-6-7-12(14)18-10)17-9-4-2-3-5-11(9)19-13(15)16/h2-8,13,17H,1H3. The largest absolute Gasteiger partial charge is 0.452 e. The maximum atomic E-state index is 12.3. The molecule has 0 saturated heterocycles. The smallest absolute Gasteiger partial charge is 0.387 e. The average Bonchev–Trinajstić information content (AvgIpc) is 2.78. The Kier molecular flexibility index (Phi) is 4.42. The highest BCUT2D eigenvalue weighted by Crippen LogP contribution is 2.30. The summed E-state index contributed by atoms with van der Waals surface area (Å²) in [5.74, 6) is 0.800. The SMILES string of the molecule is CC(Nc1ccccc1OC(F)F)c1ccc(Br)o1. The Labute approximate surface area is 117 Å². The zero-order chi connectivity index (χ0) is 13.8. The number of rotatable bonds is 5. The molecule has 1 N–H and O–H groups in total. The topological polar surface area (TPSA) is 34.4 Å². The van der Waals surface area contributed by atoms with Gasteiger partial charge in [-0.3, -0.25) is 0 Å². The van der Waals surface area contributed by atoms with E-state index >= 15 is 0 Å². The summed E-state index contributed by atoms with van der Waals surface area (Å²) in [4.78, 5) is 0. The van der Waals surface area contributed by atoms with Crippen LogP contribution in [0.3, 0.4) is 0 Å². The van der Waals surface area contributed by atoms with Crippen LogP contribution in [0.5, 0.6) is 5.75 Å². The predicted molar refractivity (Wildman–Crippen MR) is 71.5 cm³/mol. The molecule has 0 saturated carbocycles. The first-order valence-corrected chi connectivity index (χ1v) is 6.41.